The summed E-state index contributed by atoms with van der Waals surface area (Å²) in [6, 6.07) is 2.70. The number of halogens is 2. The molecular formula is C10H15Cl2NS. The lowest BCUT2D eigenvalue weighted by Crippen LogP contribution is -2.28. The summed E-state index contributed by atoms with van der Waals surface area (Å²) in [6.07, 6.45) is 1.11. The predicted molar refractivity (Wildman–Crippen MR) is 65.6 cm³/mol. The van der Waals surface area contributed by atoms with Gasteiger partial charge in [-0.3, -0.25) is 0 Å². The standard InChI is InChI=1S/C10H15Cl2NS/c1-4-6(2)13-7(3)8-5-9(11)14-10(8)12/h5-7,13H,4H2,1-3H3. The molecule has 0 bridgehead atoms. The van der Waals surface area contributed by atoms with Gasteiger partial charge in [0, 0.05) is 12.1 Å². The average molecular weight is 252 g/mol. The van der Waals surface area contributed by atoms with Gasteiger partial charge >= 0.3 is 0 Å². The summed E-state index contributed by atoms with van der Waals surface area (Å²) in [6.45, 7) is 6.43. The van der Waals surface area contributed by atoms with Crippen LogP contribution in [0.25, 0.3) is 0 Å². The zero-order chi connectivity index (χ0) is 10.7. The minimum Gasteiger partial charge on any atom is -0.308 e. The van der Waals surface area contributed by atoms with Crippen LogP contribution in [-0.2, 0) is 0 Å². The Bertz CT molecular complexity index is 298. The lowest BCUT2D eigenvalue weighted by molar-refractivity contribution is 0.470. The van der Waals surface area contributed by atoms with E-state index in [1.807, 2.05) is 6.07 Å². The van der Waals surface area contributed by atoms with Crippen LogP contribution in [0, 0.1) is 0 Å². The molecule has 0 aliphatic carbocycles. The van der Waals surface area contributed by atoms with Gasteiger partial charge in [0.25, 0.3) is 0 Å². The molecular weight excluding hydrogens is 237 g/mol. The van der Waals surface area contributed by atoms with E-state index in [-0.39, 0.29) is 6.04 Å². The van der Waals surface area contributed by atoms with Crippen molar-refractivity contribution in [1.29, 1.82) is 0 Å². The van der Waals surface area contributed by atoms with Gasteiger partial charge in [-0.2, -0.15) is 0 Å². The number of nitrogens with one attached hydrogen (secondary N) is 1. The fourth-order valence-electron chi connectivity index (χ4n) is 1.28. The SMILES string of the molecule is CCC(C)NC(C)c1cc(Cl)sc1Cl. The molecule has 1 aromatic rings. The monoisotopic (exact) mass is 251 g/mol. The van der Waals surface area contributed by atoms with Crippen molar-refractivity contribution in [3.05, 3.63) is 20.3 Å². The van der Waals surface area contributed by atoms with E-state index in [9.17, 15) is 0 Å². The maximum absolute atomic E-state index is 6.06. The van der Waals surface area contributed by atoms with Crippen molar-refractivity contribution in [2.45, 2.75) is 39.3 Å². The average Bonchev–Trinajstić information content (AvgIpc) is 2.45. The van der Waals surface area contributed by atoms with Crippen molar-refractivity contribution in [2.24, 2.45) is 0 Å². The van der Waals surface area contributed by atoms with E-state index in [1.54, 1.807) is 0 Å². The van der Waals surface area contributed by atoms with Crippen molar-refractivity contribution in [2.75, 3.05) is 0 Å². The Morgan fingerprint density at radius 2 is 2.07 bits per heavy atom. The van der Waals surface area contributed by atoms with Gasteiger partial charge in [-0.25, -0.2) is 0 Å². The summed E-state index contributed by atoms with van der Waals surface area (Å²) in [4.78, 5) is 0. The molecule has 14 heavy (non-hydrogen) atoms. The van der Waals surface area contributed by atoms with E-state index in [2.05, 4.69) is 26.1 Å². The largest absolute Gasteiger partial charge is 0.308 e. The predicted octanol–water partition coefficient (Wildman–Crippen LogP) is 4.50. The summed E-state index contributed by atoms with van der Waals surface area (Å²) < 4.78 is 1.54. The van der Waals surface area contributed by atoms with Crippen molar-refractivity contribution in [1.82, 2.24) is 5.32 Å². The quantitative estimate of drug-likeness (QED) is 0.831. The molecule has 0 amide bonds. The van der Waals surface area contributed by atoms with Crippen molar-refractivity contribution in [3.63, 3.8) is 0 Å². The highest BCUT2D eigenvalue weighted by Crippen LogP contribution is 2.34. The fourth-order valence-corrected chi connectivity index (χ4v) is 2.93. The molecule has 0 fully saturated rings. The Labute approximate surface area is 99.4 Å². The summed E-state index contributed by atoms with van der Waals surface area (Å²) in [5, 5.41) is 3.46. The van der Waals surface area contributed by atoms with E-state index in [0.29, 0.717) is 6.04 Å². The summed E-state index contributed by atoms with van der Waals surface area (Å²) >= 11 is 13.4. The summed E-state index contributed by atoms with van der Waals surface area (Å²) in [5.74, 6) is 0. The second kappa shape index (κ2) is 5.36. The Hall–Kier alpha value is 0.240. The molecule has 0 aliphatic heterocycles. The van der Waals surface area contributed by atoms with E-state index in [4.69, 9.17) is 23.2 Å². The molecule has 1 N–H and O–H groups in total. The van der Waals surface area contributed by atoms with Gasteiger partial charge in [0.2, 0.25) is 0 Å². The number of hydrogen-bond donors (Lipinski definition) is 1. The number of thiophene rings is 1. The molecule has 0 radical (unpaired) electrons. The van der Waals surface area contributed by atoms with Crippen molar-refractivity contribution < 1.29 is 0 Å². The van der Waals surface area contributed by atoms with Gasteiger partial charge in [-0.05, 0) is 31.9 Å². The van der Waals surface area contributed by atoms with Gasteiger partial charge in [0.05, 0.1) is 8.67 Å². The van der Waals surface area contributed by atoms with Gasteiger partial charge in [-0.1, -0.05) is 30.1 Å². The van der Waals surface area contributed by atoms with Crippen LogP contribution in [0.15, 0.2) is 6.07 Å². The molecule has 0 aromatic carbocycles. The molecule has 1 nitrogen and oxygen atoms in total. The Kier molecular flexibility index (Phi) is 4.71. The molecule has 4 heteroatoms. The van der Waals surface area contributed by atoms with Gasteiger partial charge in [-0.15, -0.1) is 11.3 Å². The van der Waals surface area contributed by atoms with Gasteiger partial charge in [0.1, 0.15) is 0 Å². The lowest BCUT2D eigenvalue weighted by Gasteiger charge is -2.18. The van der Waals surface area contributed by atoms with Crippen molar-refractivity contribution >= 4 is 34.5 Å². The van der Waals surface area contributed by atoms with Crippen LogP contribution in [0.1, 0.15) is 38.8 Å². The summed E-state index contributed by atoms with van der Waals surface area (Å²) in [7, 11) is 0. The maximum atomic E-state index is 6.06. The second-order valence-electron chi connectivity index (χ2n) is 3.48. The first-order chi connectivity index (χ1) is 6.54. The highest BCUT2D eigenvalue weighted by molar-refractivity contribution is 7.20. The third-order valence-electron chi connectivity index (χ3n) is 2.30. The fraction of sp³-hybridized carbons (Fsp3) is 0.600. The first kappa shape index (κ1) is 12.3. The van der Waals surface area contributed by atoms with Crippen LogP contribution < -0.4 is 5.32 Å². The first-order valence-electron chi connectivity index (χ1n) is 4.75. The van der Waals surface area contributed by atoms with E-state index in [0.717, 1.165) is 20.7 Å². The minimum atomic E-state index is 0.265. The molecule has 0 aliphatic rings. The zero-order valence-corrected chi connectivity index (χ0v) is 10.9. The molecule has 0 saturated heterocycles. The Morgan fingerprint density at radius 3 is 2.50 bits per heavy atom. The van der Waals surface area contributed by atoms with Crippen LogP contribution in [0.5, 0.6) is 0 Å². The molecule has 2 unspecified atom stereocenters. The molecule has 80 valence electrons. The molecule has 1 heterocycles. The molecule has 1 rings (SSSR count). The molecule has 2 atom stereocenters. The van der Waals surface area contributed by atoms with E-state index < -0.39 is 0 Å². The van der Waals surface area contributed by atoms with Crippen LogP contribution in [0.3, 0.4) is 0 Å². The second-order valence-corrected chi connectivity index (χ2v) is 5.76. The van der Waals surface area contributed by atoms with E-state index in [1.165, 1.54) is 11.3 Å². The van der Waals surface area contributed by atoms with Crippen LogP contribution >= 0.6 is 34.5 Å². The molecule has 1 aromatic heterocycles. The molecule has 0 saturated carbocycles. The Morgan fingerprint density at radius 1 is 1.43 bits per heavy atom. The smallest absolute Gasteiger partial charge is 0.0991 e. The number of hydrogen-bond acceptors (Lipinski definition) is 2. The topological polar surface area (TPSA) is 12.0 Å². The third-order valence-corrected chi connectivity index (χ3v) is 3.81. The number of rotatable bonds is 4. The minimum absolute atomic E-state index is 0.265. The molecule has 0 spiro atoms. The van der Waals surface area contributed by atoms with Crippen LogP contribution in [-0.4, -0.2) is 6.04 Å². The van der Waals surface area contributed by atoms with Crippen LogP contribution in [0.2, 0.25) is 8.67 Å². The normalized spacial score (nSPS) is 15.5. The van der Waals surface area contributed by atoms with Gasteiger partial charge in [0.15, 0.2) is 0 Å². The third kappa shape index (κ3) is 3.13. The summed E-state index contributed by atoms with van der Waals surface area (Å²) in [5.41, 5.74) is 1.10. The highest BCUT2D eigenvalue weighted by Gasteiger charge is 2.14. The Balaban J connectivity index is 2.69. The van der Waals surface area contributed by atoms with Crippen molar-refractivity contribution in [3.8, 4) is 0 Å². The van der Waals surface area contributed by atoms with E-state index >= 15 is 0 Å². The lowest BCUT2D eigenvalue weighted by atomic mass is 10.1. The zero-order valence-electron chi connectivity index (χ0n) is 8.60. The van der Waals surface area contributed by atoms with Gasteiger partial charge < -0.3 is 5.32 Å². The highest BCUT2D eigenvalue weighted by atomic mass is 35.5. The first-order valence-corrected chi connectivity index (χ1v) is 6.32. The maximum Gasteiger partial charge on any atom is 0.0991 e. The van der Waals surface area contributed by atoms with Crippen LogP contribution in [0.4, 0.5) is 0 Å².